The second-order valence-electron chi connectivity index (χ2n) is 3.92. The topological polar surface area (TPSA) is 36.3 Å². The van der Waals surface area contributed by atoms with Gasteiger partial charge in [0.05, 0.1) is 7.11 Å². The highest BCUT2D eigenvalue weighted by Gasteiger charge is 2.29. The first-order chi connectivity index (χ1) is 7.22. The molecule has 2 rings (SSSR count). The van der Waals surface area contributed by atoms with E-state index in [1.807, 2.05) is 36.2 Å². The van der Waals surface area contributed by atoms with Crippen molar-refractivity contribution >= 4 is 11.5 Å². The summed E-state index contributed by atoms with van der Waals surface area (Å²) in [6.45, 7) is 0. The lowest BCUT2D eigenvalue weighted by molar-refractivity contribution is 0.415. The minimum absolute atomic E-state index is 0.483. The molecule has 1 saturated carbocycles. The molecule has 15 heavy (non-hydrogen) atoms. The van der Waals surface area contributed by atoms with Crippen molar-refractivity contribution in [2.24, 2.45) is 5.92 Å². The molecule has 1 fully saturated rings. The van der Waals surface area contributed by atoms with Gasteiger partial charge in [0.25, 0.3) is 0 Å². The van der Waals surface area contributed by atoms with E-state index in [2.05, 4.69) is 0 Å². The summed E-state index contributed by atoms with van der Waals surface area (Å²) in [5, 5.41) is 7.94. The molecule has 0 aromatic heterocycles. The zero-order valence-electron chi connectivity index (χ0n) is 9.16. The van der Waals surface area contributed by atoms with Crippen molar-refractivity contribution in [3.8, 4) is 5.75 Å². The van der Waals surface area contributed by atoms with Gasteiger partial charge < -0.3 is 9.64 Å². The maximum absolute atomic E-state index is 7.94. The third-order valence-electron chi connectivity index (χ3n) is 2.79. The Bertz CT molecular complexity index is 354. The number of rotatable bonds is 3. The Balaban J connectivity index is 2.10. The average Bonchev–Trinajstić information content (AvgIpc) is 3.11. The third-order valence-corrected chi connectivity index (χ3v) is 2.79. The van der Waals surface area contributed by atoms with Gasteiger partial charge in [0.15, 0.2) is 0 Å². The van der Waals surface area contributed by atoms with Gasteiger partial charge in [0.2, 0.25) is 0 Å². The summed E-state index contributed by atoms with van der Waals surface area (Å²) in [6.07, 6.45) is 2.33. The molecular weight excluding hydrogens is 188 g/mol. The number of nitrogens with one attached hydrogen (secondary N) is 1. The Morgan fingerprint density at radius 3 is 2.40 bits per heavy atom. The van der Waals surface area contributed by atoms with E-state index in [1.165, 1.54) is 12.8 Å². The van der Waals surface area contributed by atoms with E-state index in [4.69, 9.17) is 10.1 Å². The molecule has 0 bridgehead atoms. The predicted octanol–water partition coefficient (Wildman–Crippen LogP) is 2.52. The van der Waals surface area contributed by atoms with Crippen LogP contribution >= 0.6 is 0 Å². The van der Waals surface area contributed by atoms with Gasteiger partial charge in [-0.3, -0.25) is 5.41 Å². The SMILES string of the molecule is COc1ccc(N(C)C(=N)C2CC2)cc1. The minimum Gasteiger partial charge on any atom is -0.497 e. The number of hydrogen-bond donors (Lipinski definition) is 1. The van der Waals surface area contributed by atoms with Crippen LogP contribution in [-0.4, -0.2) is 20.0 Å². The summed E-state index contributed by atoms with van der Waals surface area (Å²) < 4.78 is 5.10. The van der Waals surface area contributed by atoms with Gasteiger partial charge in [0.1, 0.15) is 11.6 Å². The smallest absolute Gasteiger partial charge is 0.119 e. The van der Waals surface area contributed by atoms with E-state index in [1.54, 1.807) is 7.11 Å². The normalized spacial score (nSPS) is 14.8. The van der Waals surface area contributed by atoms with E-state index < -0.39 is 0 Å². The average molecular weight is 204 g/mol. The summed E-state index contributed by atoms with van der Waals surface area (Å²) >= 11 is 0. The lowest BCUT2D eigenvalue weighted by Gasteiger charge is -2.20. The summed E-state index contributed by atoms with van der Waals surface area (Å²) in [7, 11) is 3.60. The Kier molecular flexibility index (Phi) is 2.62. The maximum atomic E-state index is 7.94. The highest BCUT2D eigenvalue weighted by Crippen LogP contribution is 2.32. The van der Waals surface area contributed by atoms with E-state index in [0.717, 1.165) is 17.3 Å². The van der Waals surface area contributed by atoms with Crippen LogP contribution in [0.3, 0.4) is 0 Å². The number of methoxy groups -OCH3 is 1. The van der Waals surface area contributed by atoms with Crippen LogP contribution in [0.5, 0.6) is 5.75 Å². The Labute approximate surface area is 90.2 Å². The molecule has 1 N–H and O–H groups in total. The lowest BCUT2D eigenvalue weighted by Crippen LogP contribution is -2.26. The molecule has 0 atom stereocenters. The number of hydrogen-bond acceptors (Lipinski definition) is 2. The Hall–Kier alpha value is -1.51. The standard InChI is InChI=1S/C12H16N2O/c1-14(12(13)9-3-4-9)10-5-7-11(15-2)8-6-10/h5-9,13H,3-4H2,1-2H3. The molecule has 80 valence electrons. The molecule has 1 aromatic rings. The van der Waals surface area contributed by atoms with Gasteiger partial charge in [-0.25, -0.2) is 0 Å². The number of ether oxygens (including phenoxy) is 1. The molecule has 0 unspecified atom stereocenters. The van der Waals surface area contributed by atoms with Gasteiger partial charge in [-0.15, -0.1) is 0 Å². The van der Waals surface area contributed by atoms with Crippen molar-refractivity contribution in [3.63, 3.8) is 0 Å². The van der Waals surface area contributed by atoms with Gasteiger partial charge in [-0.05, 0) is 37.1 Å². The predicted molar refractivity (Wildman–Crippen MR) is 61.8 cm³/mol. The summed E-state index contributed by atoms with van der Waals surface area (Å²) in [5.74, 6) is 2.06. The van der Waals surface area contributed by atoms with Crippen molar-refractivity contribution in [1.82, 2.24) is 0 Å². The van der Waals surface area contributed by atoms with Crippen molar-refractivity contribution in [2.75, 3.05) is 19.1 Å². The second kappa shape index (κ2) is 3.93. The Morgan fingerprint density at radius 2 is 1.93 bits per heavy atom. The third kappa shape index (κ3) is 2.12. The molecule has 1 aliphatic rings. The van der Waals surface area contributed by atoms with E-state index in [9.17, 15) is 0 Å². The van der Waals surface area contributed by atoms with Crippen LogP contribution < -0.4 is 9.64 Å². The van der Waals surface area contributed by atoms with E-state index in [-0.39, 0.29) is 0 Å². The Morgan fingerprint density at radius 1 is 1.33 bits per heavy atom. The first-order valence-electron chi connectivity index (χ1n) is 5.18. The molecule has 0 amide bonds. The molecule has 1 aromatic carbocycles. The van der Waals surface area contributed by atoms with Crippen LogP contribution in [-0.2, 0) is 0 Å². The monoisotopic (exact) mass is 204 g/mol. The van der Waals surface area contributed by atoms with Gasteiger partial charge in [0, 0.05) is 18.7 Å². The van der Waals surface area contributed by atoms with Crippen LogP contribution in [0.4, 0.5) is 5.69 Å². The zero-order valence-corrected chi connectivity index (χ0v) is 9.16. The molecule has 0 aliphatic heterocycles. The lowest BCUT2D eigenvalue weighted by atomic mass is 10.2. The van der Waals surface area contributed by atoms with Crippen LogP contribution in [0.1, 0.15) is 12.8 Å². The summed E-state index contributed by atoms with van der Waals surface area (Å²) in [6, 6.07) is 7.81. The zero-order chi connectivity index (χ0) is 10.8. The highest BCUT2D eigenvalue weighted by molar-refractivity contribution is 5.98. The molecule has 0 spiro atoms. The molecule has 3 nitrogen and oxygen atoms in total. The van der Waals surface area contributed by atoms with Crippen molar-refractivity contribution < 1.29 is 4.74 Å². The number of benzene rings is 1. The molecule has 1 aliphatic carbocycles. The molecular formula is C12H16N2O. The highest BCUT2D eigenvalue weighted by atomic mass is 16.5. The van der Waals surface area contributed by atoms with E-state index >= 15 is 0 Å². The maximum Gasteiger partial charge on any atom is 0.119 e. The van der Waals surface area contributed by atoms with Gasteiger partial charge in [-0.1, -0.05) is 0 Å². The largest absolute Gasteiger partial charge is 0.497 e. The first-order valence-corrected chi connectivity index (χ1v) is 5.18. The van der Waals surface area contributed by atoms with Crippen LogP contribution in [0.15, 0.2) is 24.3 Å². The van der Waals surface area contributed by atoms with Gasteiger partial charge in [-0.2, -0.15) is 0 Å². The van der Waals surface area contributed by atoms with Gasteiger partial charge >= 0.3 is 0 Å². The molecule has 0 radical (unpaired) electrons. The van der Waals surface area contributed by atoms with E-state index in [0.29, 0.717) is 5.92 Å². The minimum atomic E-state index is 0.483. The van der Waals surface area contributed by atoms with Crippen LogP contribution in [0, 0.1) is 11.3 Å². The first kappa shape index (κ1) is 10.0. The number of nitrogens with zero attached hydrogens (tertiary/aromatic N) is 1. The number of anilines is 1. The fourth-order valence-corrected chi connectivity index (χ4v) is 1.58. The molecule has 0 saturated heterocycles. The van der Waals surface area contributed by atoms with Crippen molar-refractivity contribution in [2.45, 2.75) is 12.8 Å². The quantitative estimate of drug-likeness (QED) is 0.606. The fraction of sp³-hybridized carbons (Fsp3) is 0.417. The summed E-state index contributed by atoms with van der Waals surface area (Å²) in [5.41, 5.74) is 1.05. The van der Waals surface area contributed by atoms with Crippen LogP contribution in [0.2, 0.25) is 0 Å². The van der Waals surface area contributed by atoms with Crippen molar-refractivity contribution in [1.29, 1.82) is 5.41 Å². The second-order valence-corrected chi connectivity index (χ2v) is 3.92. The molecule has 0 heterocycles. The van der Waals surface area contributed by atoms with Crippen molar-refractivity contribution in [3.05, 3.63) is 24.3 Å². The number of amidine groups is 1. The van der Waals surface area contributed by atoms with Crippen LogP contribution in [0.25, 0.3) is 0 Å². The summed E-state index contributed by atoms with van der Waals surface area (Å²) in [4.78, 5) is 1.94. The fourth-order valence-electron chi connectivity index (χ4n) is 1.58. The molecule has 3 heteroatoms.